The number of allylic oxidation sites excluding steroid dienone is 4. The fourth-order valence-corrected chi connectivity index (χ4v) is 4.07. The summed E-state index contributed by atoms with van der Waals surface area (Å²) in [5.74, 6) is 0. The number of para-hydroxylation sites is 2. The van der Waals surface area contributed by atoms with E-state index in [0.717, 1.165) is 37.2 Å². The van der Waals surface area contributed by atoms with Crippen molar-refractivity contribution in [2.75, 3.05) is 22.7 Å². The van der Waals surface area contributed by atoms with Crippen LogP contribution in [0.3, 0.4) is 0 Å². The Morgan fingerprint density at radius 1 is 1.10 bits per heavy atom. The van der Waals surface area contributed by atoms with Crippen LogP contribution in [0.5, 0.6) is 0 Å². The molecule has 0 radical (unpaired) electrons. The van der Waals surface area contributed by atoms with Gasteiger partial charge in [-0.15, -0.1) is 0 Å². The lowest BCUT2D eigenvalue weighted by molar-refractivity contribution is 0.606. The Morgan fingerprint density at radius 2 is 1.81 bits per heavy atom. The van der Waals surface area contributed by atoms with E-state index in [1.807, 2.05) is 37.3 Å². The molecule has 1 aromatic carbocycles. The van der Waals surface area contributed by atoms with Crippen LogP contribution in [0.25, 0.3) is 0 Å². The molecule has 1 N–H and O–H groups in total. The number of hydrogen-bond donors (Lipinski definition) is 1. The van der Waals surface area contributed by atoms with E-state index in [1.165, 1.54) is 0 Å². The molecule has 0 spiro atoms. The second kappa shape index (κ2) is 5.56. The molecular formula is C16H20N2O2S. The van der Waals surface area contributed by atoms with Gasteiger partial charge in [0, 0.05) is 19.5 Å². The van der Waals surface area contributed by atoms with Crippen LogP contribution in [-0.2, 0) is 10.0 Å². The minimum Gasteiger partial charge on any atom is -0.370 e. The molecule has 112 valence electrons. The van der Waals surface area contributed by atoms with Gasteiger partial charge in [0.1, 0.15) is 0 Å². The summed E-state index contributed by atoms with van der Waals surface area (Å²) < 4.78 is 27.7. The molecule has 5 heteroatoms. The number of sulfonamides is 1. The van der Waals surface area contributed by atoms with Gasteiger partial charge in [-0.25, -0.2) is 8.42 Å². The maximum atomic E-state index is 12.5. The lowest BCUT2D eigenvalue weighted by Crippen LogP contribution is -2.21. The van der Waals surface area contributed by atoms with Crippen molar-refractivity contribution in [1.29, 1.82) is 0 Å². The van der Waals surface area contributed by atoms with Gasteiger partial charge in [-0.1, -0.05) is 23.8 Å². The third-order valence-corrected chi connectivity index (χ3v) is 5.41. The van der Waals surface area contributed by atoms with Gasteiger partial charge >= 0.3 is 0 Å². The molecule has 0 unspecified atom stereocenters. The maximum Gasteiger partial charge on any atom is 0.258 e. The molecule has 1 aliphatic carbocycles. The van der Waals surface area contributed by atoms with E-state index < -0.39 is 10.0 Å². The van der Waals surface area contributed by atoms with Crippen LogP contribution in [0.2, 0.25) is 0 Å². The monoisotopic (exact) mass is 304 g/mol. The molecule has 21 heavy (non-hydrogen) atoms. The predicted molar refractivity (Wildman–Crippen MR) is 86.9 cm³/mol. The number of nitrogens with zero attached hydrogens (tertiary/aromatic N) is 1. The van der Waals surface area contributed by atoms with Gasteiger partial charge in [0.25, 0.3) is 10.0 Å². The fraction of sp³-hybridized carbons (Fsp3) is 0.375. The highest BCUT2D eigenvalue weighted by Gasteiger charge is 2.23. The average molecular weight is 304 g/mol. The molecule has 4 nitrogen and oxygen atoms in total. The van der Waals surface area contributed by atoms with Gasteiger partial charge < -0.3 is 4.90 Å². The second-order valence-electron chi connectivity index (χ2n) is 5.64. The van der Waals surface area contributed by atoms with Gasteiger partial charge in [0.15, 0.2) is 0 Å². The van der Waals surface area contributed by atoms with Crippen LogP contribution >= 0.6 is 0 Å². The maximum absolute atomic E-state index is 12.5. The molecule has 0 amide bonds. The van der Waals surface area contributed by atoms with E-state index in [4.69, 9.17) is 0 Å². The van der Waals surface area contributed by atoms with Gasteiger partial charge in [0.05, 0.1) is 16.3 Å². The lowest BCUT2D eigenvalue weighted by atomic mass is 10.2. The zero-order valence-corrected chi connectivity index (χ0v) is 13.0. The summed E-state index contributed by atoms with van der Waals surface area (Å²) >= 11 is 0. The Bertz CT molecular complexity index is 699. The predicted octanol–water partition coefficient (Wildman–Crippen LogP) is 3.26. The summed E-state index contributed by atoms with van der Waals surface area (Å²) in [6.07, 6.45) is 6.38. The van der Waals surface area contributed by atoms with Gasteiger partial charge in [0.2, 0.25) is 0 Å². The molecule has 1 fully saturated rings. The van der Waals surface area contributed by atoms with Crippen molar-refractivity contribution >= 4 is 21.4 Å². The zero-order chi connectivity index (χ0) is 14.9. The molecule has 3 rings (SSSR count). The topological polar surface area (TPSA) is 49.4 Å². The molecule has 1 heterocycles. The zero-order valence-electron chi connectivity index (χ0n) is 12.2. The highest BCUT2D eigenvalue weighted by molar-refractivity contribution is 7.96. The average Bonchev–Trinajstić information content (AvgIpc) is 3.10. The smallest absolute Gasteiger partial charge is 0.258 e. The summed E-state index contributed by atoms with van der Waals surface area (Å²) in [6.45, 7) is 3.92. The van der Waals surface area contributed by atoms with Crippen molar-refractivity contribution < 1.29 is 8.42 Å². The SMILES string of the molecule is CC1=CC=C(S(=O)(=O)Nc2ccccc2N2CCCC2)C1. The molecule has 1 saturated heterocycles. The Labute approximate surface area is 126 Å². The lowest BCUT2D eigenvalue weighted by Gasteiger charge is -2.22. The molecule has 2 aliphatic rings. The number of rotatable bonds is 4. The van der Waals surface area contributed by atoms with Crippen molar-refractivity contribution in [1.82, 2.24) is 0 Å². The van der Waals surface area contributed by atoms with E-state index in [9.17, 15) is 8.42 Å². The van der Waals surface area contributed by atoms with Gasteiger partial charge in [-0.2, -0.15) is 0 Å². The van der Waals surface area contributed by atoms with Crippen molar-refractivity contribution in [3.63, 3.8) is 0 Å². The van der Waals surface area contributed by atoms with Crippen LogP contribution < -0.4 is 9.62 Å². The van der Waals surface area contributed by atoms with Crippen LogP contribution in [-0.4, -0.2) is 21.5 Å². The highest BCUT2D eigenvalue weighted by atomic mass is 32.2. The first-order chi connectivity index (χ1) is 10.1. The van der Waals surface area contributed by atoms with Crippen LogP contribution in [0.15, 0.2) is 46.9 Å². The molecule has 1 aromatic rings. The van der Waals surface area contributed by atoms with Crippen molar-refractivity contribution in [3.8, 4) is 0 Å². The first kappa shape index (κ1) is 14.2. The summed E-state index contributed by atoms with van der Waals surface area (Å²) in [5, 5.41) is 0. The Morgan fingerprint density at radius 3 is 2.48 bits per heavy atom. The number of anilines is 2. The van der Waals surface area contributed by atoms with Crippen molar-refractivity contribution in [2.45, 2.75) is 26.2 Å². The second-order valence-corrected chi connectivity index (χ2v) is 7.37. The molecule has 0 atom stereocenters. The first-order valence-corrected chi connectivity index (χ1v) is 8.78. The van der Waals surface area contributed by atoms with Gasteiger partial charge in [-0.05, 0) is 38.0 Å². The summed E-state index contributed by atoms with van der Waals surface area (Å²) in [7, 11) is -3.47. The third kappa shape index (κ3) is 2.97. The van der Waals surface area contributed by atoms with Crippen molar-refractivity contribution in [3.05, 3.63) is 46.9 Å². The molecular weight excluding hydrogens is 284 g/mol. The third-order valence-electron chi connectivity index (χ3n) is 3.95. The summed E-state index contributed by atoms with van der Waals surface area (Å²) in [5.41, 5.74) is 2.72. The summed E-state index contributed by atoms with van der Waals surface area (Å²) in [6, 6.07) is 7.63. The number of hydrogen-bond acceptors (Lipinski definition) is 3. The van der Waals surface area contributed by atoms with E-state index in [1.54, 1.807) is 6.08 Å². The van der Waals surface area contributed by atoms with E-state index >= 15 is 0 Å². The van der Waals surface area contributed by atoms with E-state index in [2.05, 4.69) is 9.62 Å². The number of benzene rings is 1. The van der Waals surface area contributed by atoms with Gasteiger partial charge in [-0.3, -0.25) is 4.72 Å². The summed E-state index contributed by atoms with van der Waals surface area (Å²) in [4.78, 5) is 2.68. The molecule has 0 aromatic heterocycles. The minimum atomic E-state index is -3.47. The van der Waals surface area contributed by atoms with Crippen LogP contribution in [0.1, 0.15) is 26.2 Å². The van der Waals surface area contributed by atoms with Crippen LogP contribution in [0.4, 0.5) is 11.4 Å². The van der Waals surface area contributed by atoms with Crippen LogP contribution in [0, 0.1) is 0 Å². The fourth-order valence-electron chi connectivity index (χ4n) is 2.82. The molecule has 0 bridgehead atoms. The Hall–Kier alpha value is -1.75. The normalized spacial score (nSPS) is 18.6. The molecule has 1 aliphatic heterocycles. The Balaban J connectivity index is 1.85. The van der Waals surface area contributed by atoms with E-state index in [-0.39, 0.29) is 0 Å². The first-order valence-electron chi connectivity index (χ1n) is 7.29. The van der Waals surface area contributed by atoms with Crippen molar-refractivity contribution in [2.24, 2.45) is 0 Å². The standard InChI is InChI=1S/C16H20N2O2S/c1-13-8-9-14(12-13)21(19,20)17-15-6-2-3-7-16(15)18-10-4-5-11-18/h2-3,6-9,17H,4-5,10-12H2,1H3. The van der Waals surface area contributed by atoms with E-state index in [0.29, 0.717) is 17.0 Å². The number of nitrogens with one attached hydrogen (secondary N) is 1. The highest BCUT2D eigenvalue weighted by Crippen LogP contribution is 2.32. The Kier molecular flexibility index (Phi) is 3.76. The largest absolute Gasteiger partial charge is 0.370 e. The molecule has 0 saturated carbocycles. The quantitative estimate of drug-likeness (QED) is 0.929. The minimum absolute atomic E-state index is 0.441.